The summed E-state index contributed by atoms with van der Waals surface area (Å²) in [5.74, 6) is -0.657. The van der Waals surface area contributed by atoms with Gasteiger partial charge in [0.05, 0.1) is 17.8 Å². The molecule has 3 rings (SSSR count). The van der Waals surface area contributed by atoms with Crippen molar-refractivity contribution in [2.75, 3.05) is 0 Å². The average Bonchev–Trinajstić information content (AvgIpc) is 2.54. The van der Waals surface area contributed by atoms with Crippen LogP contribution in [0.2, 0.25) is 0 Å². The first kappa shape index (κ1) is 13.0. The van der Waals surface area contributed by atoms with Crippen LogP contribution in [0.15, 0.2) is 48.7 Å². The number of carbonyl (C=O) groups is 1. The zero-order chi connectivity index (χ0) is 14.7. The Bertz CT molecular complexity index is 790. The number of carbonyl (C=O) groups excluding carboxylic acids is 1. The van der Waals surface area contributed by atoms with Crippen LogP contribution < -0.4 is 5.32 Å². The lowest BCUT2D eigenvalue weighted by Crippen LogP contribution is -2.24. The second-order valence-electron chi connectivity index (χ2n) is 4.42. The van der Waals surface area contributed by atoms with Crippen molar-refractivity contribution in [2.24, 2.45) is 0 Å². The second-order valence-corrected chi connectivity index (χ2v) is 4.42. The number of hydrogen-bond acceptors (Lipinski definition) is 5. The highest BCUT2D eigenvalue weighted by atomic mass is 16.3. The fourth-order valence-corrected chi connectivity index (χ4v) is 1.95. The lowest BCUT2D eigenvalue weighted by Gasteiger charge is -2.07. The van der Waals surface area contributed by atoms with E-state index in [4.69, 9.17) is 0 Å². The molecule has 1 amide bonds. The van der Waals surface area contributed by atoms with Crippen molar-refractivity contribution in [3.05, 3.63) is 60.0 Å². The summed E-state index contributed by atoms with van der Waals surface area (Å²) in [4.78, 5) is 16.2. The molecule has 2 N–H and O–H groups in total. The van der Waals surface area contributed by atoms with Crippen LogP contribution in [-0.2, 0) is 6.54 Å². The predicted octanol–water partition coefficient (Wildman–Crippen LogP) is 1.66. The quantitative estimate of drug-likeness (QED) is 0.761. The number of hydrogen-bond donors (Lipinski definition) is 2. The van der Waals surface area contributed by atoms with E-state index in [0.717, 1.165) is 5.69 Å². The summed E-state index contributed by atoms with van der Waals surface area (Å²) in [6, 6.07) is 12.4. The Morgan fingerprint density at radius 3 is 2.71 bits per heavy atom. The molecule has 0 unspecified atom stereocenters. The number of rotatable bonds is 3. The number of nitrogens with zero attached hydrogens (tertiary/aromatic N) is 3. The molecule has 6 heteroatoms. The van der Waals surface area contributed by atoms with Crippen molar-refractivity contribution in [1.29, 1.82) is 0 Å². The molecule has 3 aromatic rings. The number of amides is 1. The van der Waals surface area contributed by atoms with Crippen molar-refractivity contribution in [2.45, 2.75) is 6.54 Å². The number of aromatic hydroxyl groups is 1. The van der Waals surface area contributed by atoms with E-state index in [0.29, 0.717) is 10.9 Å². The topological polar surface area (TPSA) is 88.0 Å². The Balaban J connectivity index is 1.83. The lowest BCUT2D eigenvalue weighted by molar-refractivity contribution is 0.0941. The highest BCUT2D eigenvalue weighted by Gasteiger charge is 2.16. The Morgan fingerprint density at radius 2 is 1.90 bits per heavy atom. The Labute approximate surface area is 120 Å². The first-order chi connectivity index (χ1) is 10.3. The fourth-order valence-electron chi connectivity index (χ4n) is 1.95. The van der Waals surface area contributed by atoms with Crippen molar-refractivity contribution in [1.82, 2.24) is 20.5 Å². The normalized spacial score (nSPS) is 10.5. The highest BCUT2D eigenvalue weighted by molar-refractivity contribution is 6.00. The molecule has 0 aliphatic heterocycles. The minimum Gasteiger partial charge on any atom is -0.505 e. The summed E-state index contributed by atoms with van der Waals surface area (Å²) in [7, 11) is 0. The average molecular weight is 280 g/mol. The zero-order valence-corrected chi connectivity index (χ0v) is 11.0. The molecule has 2 heterocycles. The minimum absolute atomic E-state index is 0.0929. The number of fused-ring (bicyclic) bond motifs is 1. The molecule has 0 bridgehead atoms. The maximum absolute atomic E-state index is 12.1. The molecule has 2 aromatic heterocycles. The highest BCUT2D eigenvalue weighted by Crippen LogP contribution is 2.24. The fraction of sp³-hybridized carbons (Fsp3) is 0.0667. The van der Waals surface area contributed by atoms with Crippen LogP contribution >= 0.6 is 0 Å². The molecule has 0 fully saturated rings. The van der Waals surface area contributed by atoms with E-state index in [1.165, 1.54) is 0 Å². The van der Waals surface area contributed by atoms with Gasteiger partial charge in [-0.25, -0.2) is 0 Å². The Hall–Kier alpha value is -3.02. The standard InChI is InChI=1S/C15H12N4O2/c20-14-11-6-1-2-7-12(11)18-19-13(14)15(21)17-9-10-5-3-4-8-16-10/h1-8H,9H2,(H,17,21)(H,18,20). The van der Waals surface area contributed by atoms with Gasteiger partial charge in [-0.1, -0.05) is 18.2 Å². The van der Waals surface area contributed by atoms with E-state index in [-0.39, 0.29) is 18.0 Å². The lowest BCUT2D eigenvalue weighted by atomic mass is 10.2. The summed E-state index contributed by atoms with van der Waals surface area (Å²) in [6.45, 7) is 0.258. The number of nitrogens with one attached hydrogen (secondary N) is 1. The van der Waals surface area contributed by atoms with E-state index < -0.39 is 5.91 Å². The molecule has 21 heavy (non-hydrogen) atoms. The van der Waals surface area contributed by atoms with Crippen LogP contribution in [0.1, 0.15) is 16.2 Å². The molecule has 0 aliphatic carbocycles. The molecule has 0 spiro atoms. The third kappa shape index (κ3) is 2.64. The van der Waals surface area contributed by atoms with Crippen molar-refractivity contribution in [3.63, 3.8) is 0 Å². The Morgan fingerprint density at radius 1 is 1.10 bits per heavy atom. The summed E-state index contributed by atoms with van der Waals surface area (Å²) in [6.07, 6.45) is 1.65. The summed E-state index contributed by atoms with van der Waals surface area (Å²) in [5.41, 5.74) is 1.17. The Kier molecular flexibility index (Phi) is 3.42. The van der Waals surface area contributed by atoms with Gasteiger partial charge < -0.3 is 10.4 Å². The monoisotopic (exact) mass is 280 g/mol. The van der Waals surface area contributed by atoms with Gasteiger partial charge in [-0.3, -0.25) is 9.78 Å². The molecule has 0 radical (unpaired) electrons. The van der Waals surface area contributed by atoms with Crippen LogP contribution in [0.5, 0.6) is 5.75 Å². The maximum Gasteiger partial charge on any atom is 0.276 e. The summed E-state index contributed by atoms with van der Waals surface area (Å²) < 4.78 is 0. The molecular weight excluding hydrogens is 268 g/mol. The van der Waals surface area contributed by atoms with Gasteiger partial charge in [0, 0.05) is 11.6 Å². The van der Waals surface area contributed by atoms with Crippen LogP contribution in [0.4, 0.5) is 0 Å². The predicted molar refractivity (Wildman–Crippen MR) is 76.6 cm³/mol. The van der Waals surface area contributed by atoms with Gasteiger partial charge in [0.1, 0.15) is 0 Å². The summed E-state index contributed by atoms with van der Waals surface area (Å²) >= 11 is 0. The summed E-state index contributed by atoms with van der Waals surface area (Å²) in [5, 5.41) is 21.0. The largest absolute Gasteiger partial charge is 0.505 e. The smallest absolute Gasteiger partial charge is 0.276 e. The third-order valence-corrected chi connectivity index (χ3v) is 3.01. The van der Waals surface area contributed by atoms with Gasteiger partial charge in [-0.2, -0.15) is 0 Å². The van der Waals surface area contributed by atoms with Gasteiger partial charge in [0.2, 0.25) is 0 Å². The maximum atomic E-state index is 12.1. The van der Waals surface area contributed by atoms with Crippen molar-refractivity contribution in [3.8, 4) is 5.75 Å². The number of pyridine rings is 1. The van der Waals surface area contributed by atoms with E-state index >= 15 is 0 Å². The number of benzene rings is 1. The van der Waals surface area contributed by atoms with Crippen molar-refractivity contribution < 1.29 is 9.90 Å². The van der Waals surface area contributed by atoms with Crippen LogP contribution in [0.25, 0.3) is 10.9 Å². The molecule has 0 aliphatic rings. The first-order valence-electron chi connectivity index (χ1n) is 6.38. The molecule has 6 nitrogen and oxygen atoms in total. The number of aromatic nitrogens is 3. The van der Waals surface area contributed by atoms with Crippen molar-refractivity contribution >= 4 is 16.8 Å². The molecule has 0 atom stereocenters. The molecule has 0 saturated heterocycles. The van der Waals surface area contributed by atoms with Gasteiger partial charge in [-0.15, -0.1) is 10.2 Å². The van der Waals surface area contributed by atoms with Crippen LogP contribution in [-0.4, -0.2) is 26.2 Å². The van der Waals surface area contributed by atoms with E-state index in [1.807, 2.05) is 6.07 Å². The molecule has 1 aromatic carbocycles. The molecule has 0 saturated carbocycles. The van der Waals surface area contributed by atoms with E-state index in [2.05, 4.69) is 20.5 Å². The van der Waals surface area contributed by atoms with E-state index in [9.17, 15) is 9.90 Å². The first-order valence-corrected chi connectivity index (χ1v) is 6.38. The third-order valence-electron chi connectivity index (χ3n) is 3.01. The van der Waals surface area contributed by atoms with Gasteiger partial charge in [-0.05, 0) is 24.3 Å². The zero-order valence-electron chi connectivity index (χ0n) is 11.0. The minimum atomic E-state index is -0.489. The SMILES string of the molecule is O=C(NCc1ccccn1)c1nnc2ccccc2c1O. The van der Waals surface area contributed by atoms with Gasteiger partial charge in [0.15, 0.2) is 11.4 Å². The van der Waals surface area contributed by atoms with Crippen LogP contribution in [0, 0.1) is 0 Å². The van der Waals surface area contributed by atoms with Gasteiger partial charge in [0.25, 0.3) is 5.91 Å². The van der Waals surface area contributed by atoms with Gasteiger partial charge >= 0.3 is 0 Å². The second kappa shape index (κ2) is 5.54. The molecule has 104 valence electrons. The van der Waals surface area contributed by atoms with E-state index in [1.54, 1.807) is 42.6 Å². The molecular formula is C15H12N4O2. The van der Waals surface area contributed by atoms with Crippen LogP contribution in [0.3, 0.4) is 0 Å².